The summed E-state index contributed by atoms with van der Waals surface area (Å²) in [4.78, 5) is 13.0. The number of nitrogens with zero attached hydrogens (tertiary/aromatic N) is 5. The maximum absolute atomic E-state index is 15.5. The Kier molecular flexibility index (Phi) is 6.69. The lowest BCUT2D eigenvalue weighted by Gasteiger charge is -2.34. The van der Waals surface area contributed by atoms with E-state index >= 15 is 8.78 Å². The fourth-order valence-corrected chi connectivity index (χ4v) is 6.21. The summed E-state index contributed by atoms with van der Waals surface area (Å²) in [5.41, 5.74) is 1.06. The number of aromatic nitrogens is 4. The molecule has 1 fully saturated rings. The van der Waals surface area contributed by atoms with Gasteiger partial charge >= 0.3 is 0 Å². The van der Waals surface area contributed by atoms with E-state index in [4.69, 9.17) is 4.74 Å². The predicted molar refractivity (Wildman–Crippen MR) is 138 cm³/mol. The summed E-state index contributed by atoms with van der Waals surface area (Å²) < 4.78 is 63.1. The van der Waals surface area contributed by atoms with Gasteiger partial charge in [-0.2, -0.15) is 4.31 Å². The molecular weight excluding hydrogens is 518 g/mol. The van der Waals surface area contributed by atoms with Crippen molar-refractivity contribution in [1.82, 2.24) is 23.8 Å². The molecule has 38 heavy (non-hydrogen) atoms. The molecule has 2 aliphatic heterocycles. The van der Waals surface area contributed by atoms with Gasteiger partial charge in [-0.15, -0.1) is 0 Å². The minimum Gasteiger partial charge on any atom is -0.390 e. The standard InChI is InChI=1S/C25H32F2N6O4S/c1-13-6-7-14-15(10-16(26)21-22(14)33(13)23(30-21)25(2,3)37-4)20-17(27)11-28-24(31-20)29-18-8-9-32(12-19(18)34)38(5,35)36/h10-11,13,18-19,34H,6-9,12H2,1-5H3,(H,28,29,31)/t13-,18-,19-/m1/s1. The van der Waals surface area contributed by atoms with Gasteiger partial charge in [0.25, 0.3) is 0 Å². The smallest absolute Gasteiger partial charge is 0.223 e. The molecule has 3 aromatic rings. The maximum Gasteiger partial charge on any atom is 0.223 e. The Labute approximate surface area is 220 Å². The van der Waals surface area contributed by atoms with Gasteiger partial charge in [-0.25, -0.2) is 32.2 Å². The van der Waals surface area contributed by atoms with Crippen molar-refractivity contribution in [2.45, 2.75) is 63.8 Å². The number of rotatable bonds is 6. The average Bonchev–Trinajstić information content (AvgIpc) is 3.28. The van der Waals surface area contributed by atoms with Crippen LogP contribution in [0.5, 0.6) is 0 Å². The minimum atomic E-state index is -3.43. The third-order valence-corrected chi connectivity index (χ3v) is 8.92. The number of ether oxygens (including phenoxy) is 1. The molecule has 3 atom stereocenters. The Morgan fingerprint density at radius 2 is 1.95 bits per heavy atom. The lowest BCUT2D eigenvalue weighted by molar-refractivity contribution is 0.00774. The number of β-amino-alcohol motifs (C(OH)–C–C–N with tert-alkyl or cyclic N) is 1. The molecule has 0 bridgehead atoms. The molecule has 0 unspecified atom stereocenters. The summed E-state index contributed by atoms with van der Waals surface area (Å²) in [6, 6.07) is 0.770. The highest BCUT2D eigenvalue weighted by Gasteiger charge is 2.35. The second kappa shape index (κ2) is 9.47. The van der Waals surface area contributed by atoms with Crippen molar-refractivity contribution < 1.29 is 27.0 Å². The summed E-state index contributed by atoms with van der Waals surface area (Å²) in [5.74, 6) is -0.639. The van der Waals surface area contributed by atoms with Crippen molar-refractivity contribution in [3.05, 3.63) is 35.3 Å². The average molecular weight is 551 g/mol. The minimum absolute atomic E-state index is 0.0401. The van der Waals surface area contributed by atoms with Gasteiger partial charge in [-0.05, 0) is 51.7 Å². The van der Waals surface area contributed by atoms with Crippen LogP contribution >= 0.6 is 0 Å². The number of aliphatic hydroxyl groups excluding tert-OH is 1. The molecule has 206 valence electrons. The van der Waals surface area contributed by atoms with Crippen molar-refractivity contribution in [2.24, 2.45) is 0 Å². The topological polar surface area (TPSA) is 122 Å². The highest BCUT2D eigenvalue weighted by atomic mass is 32.2. The Bertz CT molecular complexity index is 1510. The van der Waals surface area contributed by atoms with Gasteiger partial charge in [0.05, 0.1) is 30.1 Å². The molecular formula is C25H32F2N6O4S. The zero-order chi connectivity index (χ0) is 27.6. The van der Waals surface area contributed by atoms with Gasteiger partial charge < -0.3 is 19.7 Å². The highest BCUT2D eigenvalue weighted by Crippen LogP contribution is 2.42. The van der Waals surface area contributed by atoms with E-state index in [9.17, 15) is 13.5 Å². The van der Waals surface area contributed by atoms with Crippen LogP contribution in [0.3, 0.4) is 0 Å². The monoisotopic (exact) mass is 550 g/mol. The lowest BCUT2D eigenvalue weighted by atomic mass is 9.93. The number of aliphatic hydroxyl groups is 1. The number of benzene rings is 1. The number of aryl methyl sites for hydroxylation is 1. The van der Waals surface area contributed by atoms with Crippen LogP contribution in [0.25, 0.3) is 22.3 Å². The van der Waals surface area contributed by atoms with Crippen LogP contribution in [0.15, 0.2) is 12.3 Å². The SMILES string of the molecule is COC(C)(C)c1nc2c(F)cc(-c3nc(N[C@@H]4CCN(S(C)(=O)=O)C[C@H]4O)ncc3F)c3c2n1[C@H](C)CC3. The molecule has 10 nitrogen and oxygen atoms in total. The van der Waals surface area contributed by atoms with E-state index in [1.54, 1.807) is 7.11 Å². The van der Waals surface area contributed by atoms with E-state index in [-0.39, 0.29) is 36.3 Å². The lowest BCUT2D eigenvalue weighted by Crippen LogP contribution is -2.51. The predicted octanol–water partition coefficient (Wildman–Crippen LogP) is 2.97. The summed E-state index contributed by atoms with van der Waals surface area (Å²) in [7, 11) is -1.85. The second-order valence-electron chi connectivity index (χ2n) is 10.6. The first kappa shape index (κ1) is 26.9. The van der Waals surface area contributed by atoms with Crippen molar-refractivity contribution in [2.75, 3.05) is 31.8 Å². The number of hydrogen-bond acceptors (Lipinski definition) is 8. The van der Waals surface area contributed by atoms with Gasteiger partial charge in [-0.1, -0.05) is 0 Å². The van der Waals surface area contributed by atoms with Crippen LogP contribution in [0, 0.1) is 11.6 Å². The molecule has 0 aliphatic carbocycles. The second-order valence-corrected chi connectivity index (χ2v) is 12.6. The van der Waals surface area contributed by atoms with E-state index in [1.807, 2.05) is 25.3 Å². The molecule has 2 aromatic heterocycles. The molecule has 2 aliphatic rings. The Morgan fingerprint density at radius 3 is 2.61 bits per heavy atom. The third-order valence-electron chi connectivity index (χ3n) is 7.65. The maximum atomic E-state index is 15.5. The number of methoxy groups -OCH3 is 1. The van der Waals surface area contributed by atoms with E-state index in [2.05, 4.69) is 20.3 Å². The van der Waals surface area contributed by atoms with Crippen LogP contribution in [0.4, 0.5) is 14.7 Å². The number of sulfonamides is 1. The summed E-state index contributed by atoms with van der Waals surface area (Å²) in [5, 5.41) is 13.5. The van der Waals surface area contributed by atoms with Gasteiger partial charge in [-0.3, -0.25) is 0 Å². The number of nitrogens with one attached hydrogen (secondary N) is 1. The van der Waals surface area contributed by atoms with E-state index in [0.717, 1.165) is 24.4 Å². The molecule has 13 heteroatoms. The summed E-state index contributed by atoms with van der Waals surface area (Å²) in [6.07, 6.45) is 2.74. The van der Waals surface area contributed by atoms with Crippen molar-refractivity contribution in [3.63, 3.8) is 0 Å². The van der Waals surface area contributed by atoms with E-state index in [1.165, 1.54) is 10.4 Å². The van der Waals surface area contributed by atoms with E-state index in [0.29, 0.717) is 29.7 Å². The first-order valence-corrected chi connectivity index (χ1v) is 14.4. The number of anilines is 1. The number of imidazole rings is 1. The number of halogens is 2. The zero-order valence-corrected chi connectivity index (χ0v) is 22.8. The number of piperidine rings is 1. The van der Waals surface area contributed by atoms with Crippen LogP contribution < -0.4 is 5.32 Å². The van der Waals surface area contributed by atoms with Crippen molar-refractivity contribution in [3.8, 4) is 11.3 Å². The molecule has 1 aromatic carbocycles. The first-order valence-electron chi connectivity index (χ1n) is 12.5. The van der Waals surface area contributed by atoms with Crippen LogP contribution in [-0.4, -0.2) is 75.9 Å². The molecule has 0 saturated carbocycles. The summed E-state index contributed by atoms with van der Waals surface area (Å²) in [6.45, 7) is 5.93. The van der Waals surface area contributed by atoms with E-state index < -0.39 is 39.4 Å². The molecule has 0 spiro atoms. The Morgan fingerprint density at radius 1 is 1.21 bits per heavy atom. The summed E-state index contributed by atoms with van der Waals surface area (Å²) >= 11 is 0. The normalized spacial score (nSPS) is 22.7. The molecule has 0 amide bonds. The first-order chi connectivity index (χ1) is 17.8. The third kappa shape index (κ3) is 4.55. The van der Waals surface area contributed by atoms with Gasteiger partial charge in [0, 0.05) is 31.8 Å². The van der Waals surface area contributed by atoms with Crippen molar-refractivity contribution in [1.29, 1.82) is 0 Å². The van der Waals surface area contributed by atoms with Gasteiger partial charge in [0.1, 0.15) is 22.6 Å². The Hall–Kier alpha value is -2.74. The molecule has 5 rings (SSSR count). The molecule has 1 saturated heterocycles. The van der Waals surface area contributed by atoms with Gasteiger partial charge in [0.2, 0.25) is 16.0 Å². The molecule has 0 radical (unpaired) electrons. The van der Waals surface area contributed by atoms with Crippen molar-refractivity contribution >= 4 is 27.0 Å². The Balaban J connectivity index is 1.56. The quantitative estimate of drug-likeness (QED) is 0.481. The van der Waals surface area contributed by atoms with Crippen LogP contribution in [0.1, 0.15) is 51.0 Å². The number of hydrogen-bond donors (Lipinski definition) is 2. The zero-order valence-electron chi connectivity index (χ0n) is 22.0. The van der Waals surface area contributed by atoms with Gasteiger partial charge in [0.15, 0.2) is 11.6 Å². The fourth-order valence-electron chi connectivity index (χ4n) is 5.35. The highest BCUT2D eigenvalue weighted by molar-refractivity contribution is 7.88. The van der Waals surface area contributed by atoms with Crippen LogP contribution in [0.2, 0.25) is 0 Å². The fraction of sp³-hybridized carbons (Fsp3) is 0.560. The molecule has 4 heterocycles. The van der Waals surface area contributed by atoms with Crippen LogP contribution in [-0.2, 0) is 26.8 Å². The largest absolute Gasteiger partial charge is 0.390 e. The molecule has 2 N–H and O–H groups in total.